The molecule has 0 spiro atoms. The Hall–Kier alpha value is -1.06. The van der Waals surface area contributed by atoms with Crippen LogP contribution in [0.5, 0.6) is 0 Å². The zero-order chi connectivity index (χ0) is 9.40. The minimum Gasteiger partial charge on any atom is -0.473 e. The Balaban J connectivity index is 3.20. The highest BCUT2D eigenvalue weighted by Crippen LogP contribution is 1.98. The quantitative estimate of drug-likeness (QED) is 0.386. The van der Waals surface area contributed by atoms with Crippen LogP contribution in [-0.4, -0.2) is 23.7 Å². The van der Waals surface area contributed by atoms with Crippen LogP contribution < -0.4 is 0 Å². The molecule has 4 nitrogen and oxygen atoms in total. The third-order valence-electron chi connectivity index (χ3n) is 1.41. The second-order valence-corrected chi connectivity index (χ2v) is 2.50. The Morgan fingerprint density at radius 3 is 2.42 bits per heavy atom. The molecule has 0 saturated heterocycles. The van der Waals surface area contributed by atoms with Crippen LogP contribution in [0.25, 0.3) is 0 Å². The molecule has 0 aliphatic carbocycles. The number of ether oxygens (including phenoxy) is 1. The van der Waals surface area contributed by atoms with E-state index in [0.717, 1.165) is 25.7 Å². The molecule has 1 N–H and O–H groups in total. The fraction of sp³-hybridized carbons (Fsp3) is 0.750. The number of rotatable bonds is 5. The zero-order valence-electron chi connectivity index (χ0n) is 7.21. The summed E-state index contributed by atoms with van der Waals surface area (Å²) in [5, 5.41) is 8.11. The first-order valence-corrected chi connectivity index (χ1v) is 4.08. The van der Waals surface area contributed by atoms with Gasteiger partial charge in [0.2, 0.25) is 0 Å². The van der Waals surface area contributed by atoms with Crippen LogP contribution in [0, 0.1) is 0 Å². The molecule has 0 aromatic carbocycles. The number of carboxylic acid groups (broad SMARTS) is 1. The van der Waals surface area contributed by atoms with Gasteiger partial charge >= 0.3 is 11.9 Å². The van der Waals surface area contributed by atoms with E-state index in [9.17, 15) is 9.59 Å². The average Bonchev–Trinajstić information content (AvgIpc) is 2.03. The summed E-state index contributed by atoms with van der Waals surface area (Å²) in [6.07, 6.45) is 3.91. The van der Waals surface area contributed by atoms with E-state index in [1.165, 1.54) is 0 Å². The van der Waals surface area contributed by atoms with Crippen LogP contribution in [0.15, 0.2) is 0 Å². The summed E-state index contributed by atoms with van der Waals surface area (Å²) in [4.78, 5) is 20.3. The van der Waals surface area contributed by atoms with E-state index in [-0.39, 0.29) is 6.61 Å². The van der Waals surface area contributed by atoms with Crippen molar-refractivity contribution in [3.8, 4) is 0 Å². The molecule has 0 fully saturated rings. The number of unbranched alkanes of at least 4 members (excludes halogenated alkanes) is 3. The fourth-order valence-electron chi connectivity index (χ4n) is 0.755. The van der Waals surface area contributed by atoms with E-state index in [1.54, 1.807) is 0 Å². The second kappa shape index (κ2) is 6.64. The summed E-state index contributed by atoms with van der Waals surface area (Å²) in [7, 11) is 0. The Morgan fingerprint density at radius 2 is 1.92 bits per heavy atom. The molecule has 0 saturated carbocycles. The van der Waals surface area contributed by atoms with Crippen LogP contribution in [-0.2, 0) is 14.3 Å². The maximum atomic E-state index is 10.4. The molecular weight excluding hydrogens is 160 g/mol. The van der Waals surface area contributed by atoms with Crippen molar-refractivity contribution in [1.82, 2.24) is 0 Å². The number of carbonyl (C=O) groups is 2. The monoisotopic (exact) mass is 174 g/mol. The van der Waals surface area contributed by atoms with Crippen LogP contribution in [0.3, 0.4) is 0 Å². The van der Waals surface area contributed by atoms with Crippen molar-refractivity contribution in [3.05, 3.63) is 0 Å². The second-order valence-electron chi connectivity index (χ2n) is 2.50. The van der Waals surface area contributed by atoms with Gasteiger partial charge in [0.1, 0.15) is 0 Å². The van der Waals surface area contributed by atoms with Gasteiger partial charge < -0.3 is 9.84 Å². The van der Waals surface area contributed by atoms with Crippen LogP contribution in [0.1, 0.15) is 32.6 Å². The Kier molecular flexibility index (Phi) is 6.05. The highest BCUT2D eigenvalue weighted by atomic mass is 16.6. The Labute approximate surface area is 71.5 Å². The average molecular weight is 174 g/mol. The standard InChI is InChI=1S/C8H14O4/c1-2-3-4-5-6-12-8(11)7(9)10/h2-6H2,1H3,(H,9,10). The lowest BCUT2D eigenvalue weighted by molar-refractivity contribution is -0.163. The summed E-state index contributed by atoms with van der Waals surface area (Å²) >= 11 is 0. The normalized spacial score (nSPS) is 9.42. The smallest absolute Gasteiger partial charge is 0.417 e. The number of hydrogen-bond donors (Lipinski definition) is 1. The van der Waals surface area contributed by atoms with Crippen LogP contribution >= 0.6 is 0 Å². The predicted molar refractivity (Wildman–Crippen MR) is 42.7 cm³/mol. The van der Waals surface area contributed by atoms with Gasteiger partial charge in [-0.15, -0.1) is 0 Å². The van der Waals surface area contributed by atoms with Gasteiger partial charge in [-0.05, 0) is 6.42 Å². The van der Waals surface area contributed by atoms with Crippen molar-refractivity contribution in [1.29, 1.82) is 0 Å². The van der Waals surface area contributed by atoms with Crippen molar-refractivity contribution in [2.45, 2.75) is 32.6 Å². The SMILES string of the molecule is CCCCCCOC(=O)C(=O)O. The summed E-state index contributed by atoms with van der Waals surface area (Å²) < 4.78 is 4.41. The molecule has 0 atom stereocenters. The molecule has 0 aliphatic rings. The molecule has 0 amide bonds. The van der Waals surface area contributed by atoms with Crippen LogP contribution in [0.4, 0.5) is 0 Å². The molecule has 0 aliphatic heterocycles. The third kappa shape index (κ3) is 5.70. The molecule has 0 bridgehead atoms. The molecule has 4 heteroatoms. The van der Waals surface area contributed by atoms with E-state index >= 15 is 0 Å². The lowest BCUT2D eigenvalue weighted by atomic mass is 10.2. The van der Waals surface area contributed by atoms with Crippen LogP contribution in [0.2, 0.25) is 0 Å². The van der Waals surface area contributed by atoms with E-state index in [1.807, 2.05) is 0 Å². The molecular formula is C8H14O4. The predicted octanol–water partition coefficient (Wildman–Crippen LogP) is 1.19. The topological polar surface area (TPSA) is 63.6 Å². The van der Waals surface area contributed by atoms with Crippen molar-refractivity contribution < 1.29 is 19.4 Å². The first-order valence-electron chi connectivity index (χ1n) is 4.08. The first kappa shape index (κ1) is 10.9. The van der Waals surface area contributed by atoms with E-state index < -0.39 is 11.9 Å². The van der Waals surface area contributed by atoms with Gasteiger partial charge in [-0.1, -0.05) is 26.2 Å². The molecule has 0 radical (unpaired) electrons. The van der Waals surface area contributed by atoms with E-state index in [0.29, 0.717) is 0 Å². The Bertz CT molecular complexity index is 153. The van der Waals surface area contributed by atoms with Crippen molar-refractivity contribution in [2.75, 3.05) is 6.61 Å². The lowest BCUT2D eigenvalue weighted by Crippen LogP contribution is -2.16. The number of aliphatic carboxylic acids is 1. The van der Waals surface area contributed by atoms with Gasteiger partial charge in [0.15, 0.2) is 0 Å². The van der Waals surface area contributed by atoms with Gasteiger partial charge in [-0.2, -0.15) is 0 Å². The van der Waals surface area contributed by atoms with Gasteiger partial charge in [0.05, 0.1) is 6.61 Å². The maximum absolute atomic E-state index is 10.4. The highest BCUT2D eigenvalue weighted by molar-refractivity contribution is 6.28. The number of carbonyl (C=O) groups excluding carboxylic acids is 1. The molecule has 0 unspecified atom stereocenters. The first-order chi connectivity index (χ1) is 5.68. The van der Waals surface area contributed by atoms with Crippen molar-refractivity contribution in [2.24, 2.45) is 0 Å². The molecule has 0 aromatic rings. The van der Waals surface area contributed by atoms with Gasteiger partial charge in [0, 0.05) is 0 Å². The number of carboxylic acids is 1. The molecule has 0 heterocycles. The fourth-order valence-corrected chi connectivity index (χ4v) is 0.755. The molecule has 12 heavy (non-hydrogen) atoms. The van der Waals surface area contributed by atoms with Gasteiger partial charge in [-0.25, -0.2) is 9.59 Å². The molecule has 0 rings (SSSR count). The summed E-state index contributed by atoms with van der Waals surface area (Å²) in [5.74, 6) is -2.68. The summed E-state index contributed by atoms with van der Waals surface area (Å²) in [6, 6.07) is 0. The minimum atomic E-state index is -1.52. The summed E-state index contributed by atoms with van der Waals surface area (Å²) in [6.45, 7) is 2.29. The number of hydrogen-bond acceptors (Lipinski definition) is 3. The molecule has 0 aromatic heterocycles. The van der Waals surface area contributed by atoms with E-state index in [2.05, 4.69) is 11.7 Å². The summed E-state index contributed by atoms with van der Waals surface area (Å²) in [5.41, 5.74) is 0. The minimum absolute atomic E-state index is 0.213. The largest absolute Gasteiger partial charge is 0.473 e. The molecule has 70 valence electrons. The zero-order valence-corrected chi connectivity index (χ0v) is 7.21. The highest BCUT2D eigenvalue weighted by Gasteiger charge is 2.11. The van der Waals surface area contributed by atoms with Crippen molar-refractivity contribution >= 4 is 11.9 Å². The lowest BCUT2D eigenvalue weighted by Gasteiger charge is -2.00. The number of esters is 1. The van der Waals surface area contributed by atoms with Gasteiger partial charge in [-0.3, -0.25) is 0 Å². The van der Waals surface area contributed by atoms with Gasteiger partial charge in [0.25, 0.3) is 0 Å². The van der Waals surface area contributed by atoms with E-state index in [4.69, 9.17) is 5.11 Å². The van der Waals surface area contributed by atoms with Crippen molar-refractivity contribution in [3.63, 3.8) is 0 Å². The third-order valence-corrected chi connectivity index (χ3v) is 1.41. The maximum Gasteiger partial charge on any atom is 0.417 e. The Morgan fingerprint density at radius 1 is 1.25 bits per heavy atom.